The third-order valence-corrected chi connectivity index (χ3v) is 3.66. The van der Waals surface area contributed by atoms with Crippen LogP contribution in [0.5, 0.6) is 17.8 Å². The van der Waals surface area contributed by atoms with Crippen LogP contribution in [-0.2, 0) is 14.3 Å². The lowest BCUT2D eigenvalue weighted by Gasteiger charge is -2.27. The van der Waals surface area contributed by atoms with Gasteiger partial charge in [0.15, 0.2) is 6.61 Å². The third-order valence-electron chi connectivity index (χ3n) is 3.66. The van der Waals surface area contributed by atoms with Gasteiger partial charge in [-0.1, -0.05) is 0 Å². The van der Waals surface area contributed by atoms with Gasteiger partial charge in [0.25, 0.3) is 0 Å². The molecule has 3 heterocycles. The van der Waals surface area contributed by atoms with Gasteiger partial charge in [0, 0.05) is 39.3 Å². The Hall–Kier alpha value is -3.28. The monoisotopic (exact) mass is 391 g/mol. The van der Waals surface area contributed by atoms with Crippen molar-refractivity contribution < 1.29 is 23.7 Å². The van der Waals surface area contributed by atoms with Gasteiger partial charge in [0.2, 0.25) is 23.7 Å². The van der Waals surface area contributed by atoms with E-state index >= 15 is 0 Å². The highest BCUT2D eigenvalue weighted by Crippen LogP contribution is 2.21. The van der Waals surface area contributed by atoms with Crippen molar-refractivity contribution in [3.05, 3.63) is 12.1 Å². The molecule has 12 nitrogen and oxygen atoms in total. The first-order valence-corrected chi connectivity index (χ1v) is 8.52. The second-order valence-corrected chi connectivity index (χ2v) is 5.89. The lowest BCUT2D eigenvalue weighted by molar-refractivity contribution is -0.143. The van der Waals surface area contributed by atoms with Crippen molar-refractivity contribution in [3.63, 3.8) is 0 Å². The summed E-state index contributed by atoms with van der Waals surface area (Å²) in [7, 11) is 4.93. The highest BCUT2D eigenvalue weighted by atomic mass is 16.6. The van der Waals surface area contributed by atoms with E-state index in [1.54, 1.807) is 4.90 Å². The molecule has 1 aliphatic heterocycles. The minimum absolute atomic E-state index is 0.0951. The van der Waals surface area contributed by atoms with E-state index in [9.17, 15) is 4.79 Å². The number of anilines is 2. The predicted octanol–water partition coefficient (Wildman–Crippen LogP) is -0.0917. The van der Waals surface area contributed by atoms with Gasteiger partial charge in [-0.15, -0.1) is 10.2 Å². The highest BCUT2D eigenvalue weighted by molar-refractivity contribution is 5.70. The Bertz CT molecular complexity index is 796. The van der Waals surface area contributed by atoms with Gasteiger partial charge in [-0.25, -0.2) is 4.79 Å². The van der Waals surface area contributed by atoms with E-state index < -0.39 is 5.97 Å². The number of carbonyl (C=O) groups is 1. The van der Waals surface area contributed by atoms with Crippen LogP contribution in [0.15, 0.2) is 12.1 Å². The summed E-state index contributed by atoms with van der Waals surface area (Å²) in [6, 6.07) is 3.15. The van der Waals surface area contributed by atoms with Crippen LogP contribution in [0.3, 0.4) is 0 Å². The molecule has 0 aromatic carbocycles. The molecule has 12 heteroatoms. The molecule has 0 bridgehead atoms. The molecule has 2 aromatic rings. The fourth-order valence-corrected chi connectivity index (χ4v) is 2.21. The fraction of sp³-hybridized carbons (Fsp3) is 0.500. The van der Waals surface area contributed by atoms with Crippen LogP contribution in [0, 0.1) is 0 Å². The van der Waals surface area contributed by atoms with Crippen LogP contribution in [-0.4, -0.2) is 85.2 Å². The number of ether oxygens (including phenoxy) is 4. The van der Waals surface area contributed by atoms with Crippen LogP contribution >= 0.6 is 0 Å². The zero-order chi connectivity index (χ0) is 19.9. The lowest BCUT2D eigenvalue weighted by atomic mass is 10.4. The van der Waals surface area contributed by atoms with Crippen molar-refractivity contribution in [3.8, 4) is 17.8 Å². The Morgan fingerprint density at radius 1 is 1.14 bits per heavy atom. The van der Waals surface area contributed by atoms with E-state index in [1.807, 2.05) is 19.0 Å². The van der Waals surface area contributed by atoms with Gasteiger partial charge in [-0.2, -0.15) is 15.0 Å². The molecule has 0 spiro atoms. The van der Waals surface area contributed by atoms with Crippen molar-refractivity contribution in [1.82, 2.24) is 25.1 Å². The van der Waals surface area contributed by atoms with Crippen molar-refractivity contribution in [1.29, 1.82) is 0 Å². The third kappa shape index (κ3) is 5.13. The molecular weight excluding hydrogens is 370 g/mol. The molecule has 0 atom stereocenters. The average molecular weight is 391 g/mol. The molecule has 3 rings (SSSR count). The molecule has 2 aromatic heterocycles. The fourth-order valence-electron chi connectivity index (χ4n) is 2.21. The summed E-state index contributed by atoms with van der Waals surface area (Å²) in [6.45, 7) is 2.33. The second-order valence-electron chi connectivity index (χ2n) is 5.89. The van der Waals surface area contributed by atoms with E-state index in [2.05, 4.69) is 29.9 Å². The Morgan fingerprint density at radius 2 is 1.86 bits per heavy atom. The predicted molar refractivity (Wildman–Crippen MR) is 96.8 cm³/mol. The van der Waals surface area contributed by atoms with E-state index in [-0.39, 0.29) is 24.4 Å². The minimum Gasteiger partial charge on any atom is -0.466 e. The molecule has 0 unspecified atom stereocenters. The molecule has 1 aliphatic rings. The van der Waals surface area contributed by atoms with Crippen molar-refractivity contribution in [2.45, 2.75) is 0 Å². The first kappa shape index (κ1) is 19.5. The van der Waals surface area contributed by atoms with E-state index in [0.717, 1.165) is 0 Å². The number of carbonyl (C=O) groups excluding carboxylic acids is 1. The van der Waals surface area contributed by atoms with Gasteiger partial charge in [0.1, 0.15) is 0 Å². The van der Waals surface area contributed by atoms with Crippen molar-refractivity contribution in [2.75, 3.05) is 63.9 Å². The number of nitrogens with zero attached hydrogens (tertiary/aromatic N) is 7. The molecule has 0 aliphatic carbocycles. The average Bonchev–Trinajstić information content (AvgIpc) is 2.73. The summed E-state index contributed by atoms with van der Waals surface area (Å²) in [5.74, 6) is 0.783. The number of hydrogen-bond donors (Lipinski definition) is 0. The maximum absolute atomic E-state index is 11.1. The molecule has 0 amide bonds. The van der Waals surface area contributed by atoms with E-state index in [1.165, 1.54) is 19.2 Å². The van der Waals surface area contributed by atoms with Crippen LogP contribution in [0.25, 0.3) is 0 Å². The molecule has 150 valence electrons. The van der Waals surface area contributed by atoms with Gasteiger partial charge < -0.3 is 28.7 Å². The van der Waals surface area contributed by atoms with Crippen LogP contribution in [0.1, 0.15) is 0 Å². The number of rotatable bonds is 7. The molecule has 0 saturated carbocycles. The molecule has 1 fully saturated rings. The smallest absolute Gasteiger partial charge is 0.343 e. The molecule has 0 N–H and O–H groups in total. The minimum atomic E-state index is -0.515. The Kier molecular flexibility index (Phi) is 6.32. The first-order chi connectivity index (χ1) is 13.5. The standard InChI is InChI=1S/C16H21N7O5/c1-22(2)14-17-15(23-6-8-26-9-7-23)19-16(18-14)28-12-5-4-11(20-21-12)27-10-13(24)25-3/h4-5H,6-10H2,1-3H3. The SMILES string of the molecule is COC(=O)COc1ccc(Oc2nc(N(C)C)nc(N3CCOCC3)n2)nn1. The molecule has 0 radical (unpaired) electrons. The van der Waals surface area contributed by atoms with E-state index in [0.29, 0.717) is 38.2 Å². The number of esters is 1. The summed E-state index contributed by atoms with van der Waals surface area (Å²) in [6.07, 6.45) is 0. The molecular formula is C16H21N7O5. The number of hydrogen-bond acceptors (Lipinski definition) is 12. The highest BCUT2D eigenvalue weighted by Gasteiger charge is 2.18. The quantitative estimate of drug-likeness (QED) is 0.585. The Morgan fingerprint density at radius 3 is 2.50 bits per heavy atom. The van der Waals surface area contributed by atoms with Crippen LogP contribution in [0.4, 0.5) is 11.9 Å². The summed E-state index contributed by atoms with van der Waals surface area (Å²) in [5, 5.41) is 7.73. The zero-order valence-electron chi connectivity index (χ0n) is 15.9. The normalized spacial score (nSPS) is 13.8. The number of aromatic nitrogens is 5. The Labute approximate surface area is 161 Å². The largest absolute Gasteiger partial charge is 0.466 e. The van der Waals surface area contributed by atoms with E-state index in [4.69, 9.17) is 14.2 Å². The molecule has 28 heavy (non-hydrogen) atoms. The summed E-state index contributed by atoms with van der Waals surface area (Å²) < 4.78 is 20.6. The Balaban J connectivity index is 1.73. The van der Waals surface area contributed by atoms with Gasteiger partial charge in [-0.3, -0.25) is 0 Å². The van der Waals surface area contributed by atoms with Gasteiger partial charge in [0.05, 0.1) is 20.3 Å². The second kappa shape index (κ2) is 9.08. The number of methoxy groups -OCH3 is 1. The summed E-state index contributed by atoms with van der Waals surface area (Å²) in [5.41, 5.74) is 0. The summed E-state index contributed by atoms with van der Waals surface area (Å²) >= 11 is 0. The van der Waals surface area contributed by atoms with Crippen LogP contribution in [0.2, 0.25) is 0 Å². The van der Waals surface area contributed by atoms with Crippen molar-refractivity contribution >= 4 is 17.9 Å². The lowest BCUT2D eigenvalue weighted by Crippen LogP contribution is -2.37. The maximum atomic E-state index is 11.1. The van der Waals surface area contributed by atoms with Crippen molar-refractivity contribution in [2.24, 2.45) is 0 Å². The van der Waals surface area contributed by atoms with Gasteiger partial charge in [-0.05, 0) is 0 Å². The first-order valence-electron chi connectivity index (χ1n) is 8.52. The molecule has 1 saturated heterocycles. The maximum Gasteiger partial charge on any atom is 0.343 e. The summed E-state index contributed by atoms with van der Waals surface area (Å²) in [4.78, 5) is 27.9. The van der Waals surface area contributed by atoms with Crippen LogP contribution < -0.4 is 19.3 Å². The topological polar surface area (TPSA) is 125 Å². The zero-order valence-corrected chi connectivity index (χ0v) is 15.9. The van der Waals surface area contributed by atoms with Gasteiger partial charge >= 0.3 is 12.0 Å². The number of morpholine rings is 1.